The first kappa shape index (κ1) is 29.3. The summed E-state index contributed by atoms with van der Waals surface area (Å²) in [7, 11) is 0. The van der Waals surface area contributed by atoms with E-state index in [1.54, 1.807) is 0 Å². The van der Waals surface area contributed by atoms with Gasteiger partial charge in [-0.15, -0.1) is 10.2 Å². The molecule has 0 saturated carbocycles. The number of allylic oxidation sites excluding steroid dienone is 4. The SMILES string of the molecule is C1=CC(n2c(-c3ccccc3)nnc2-c2ccc(-c3cc(-c4ccccc4)c4c(c3-c3ccccc3)-c3cccc5cccc-4c35)cc2)=CCC1. The lowest BCUT2D eigenvalue weighted by Gasteiger charge is -2.21. The summed E-state index contributed by atoms with van der Waals surface area (Å²) in [4.78, 5) is 0. The molecule has 0 saturated heterocycles. The van der Waals surface area contributed by atoms with E-state index in [0.29, 0.717) is 0 Å². The van der Waals surface area contributed by atoms with Gasteiger partial charge in [0, 0.05) is 16.8 Å². The summed E-state index contributed by atoms with van der Waals surface area (Å²) < 4.78 is 2.20. The van der Waals surface area contributed by atoms with Crippen molar-refractivity contribution in [1.82, 2.24) is 14.8 Å². The Hall–Kier alpha value is -6.58. The predicted molar refractivity (Wildman–Crippen MR) is 212 cm³/mol. The average Bonchev–Trinajstić information content (AvgIpc) is 3.81. The van der Waals surface area contributed by atoms with E-state index in [2.05, 4.69) is 174 Å². The third-order valence-corrected chi connectivity index (χ3v) is 10.3. The van der Waals surface area contributed by atoms with Crippen LogP contribution in [0.4, 0.5) is 0 Å². The molecule has 8 aromatic rings. The maximum Gasteiger partial charge on any atom is 0.168 e. The van der Waals surface area contributed by atoms with E-state index >= 15 is 0 Å². The van der Waals surface area contributed by atoms with E-state index in [1.165, 1.54) is 60.8 Å². The number of hydrogen-bond acceptors (Lipinski definition) is 2. The van der Waals surface area contributed by atoms with Gasteiger partial charge in [0.15, 0.2) is 11.6 Å². The zero-order valence-corrected chi connectivity index (χ0v) is 28.0. The monoisotopic (exact) mass is 651 g/mol. The molecule has 0 aliphatic heterocycles. The van der Waals surface area contributed by atoms with Gasteiger partial charge >= 0.3 is 0 Å². The first-order chi connectivity index (χ1) is 25.3. The van der Waals surface area contributed by atoms with E-state index in [0.717, 1.165) is 46.9 Å². The van der Waals surface area contributed by atoms with Gasteiger partial charge in [-0.3, -0.25) is 4.57 Å². The van der Waals surface area contributed by atoms with Crippen LogP contribution in [0.25, 0.3) is 94.9 Å². The highest BCUT2D eigenvalue weighted by Crippen LogP contribution is 2.57. The minimum absolute atomic E-state index is 0.836. The third-order valence-electron chi connectivity index (χ3n) is 10.3. The molecule has 1 heterocycles. The maximum absolute atomic E-state index is 4.79. The summed E-state index contributed by atoms with van der Waals surface area (Å²) in [6.45, 7) is 0. The molecule has 2 aliphatic rings. The molecule has 0 bridgehead atoms. The summed E-state index contributed by atoms with van der Waals surface area (Å²) in [6, 6.07) is 56.9. The van der Waals surface area contributed by atoms with Crippen molar-refractivity contribution in [2.24, 2.45) is 0 Å². The van der Waals surface area contributed by atoms with Crippen LogP contribution >= 0.6 is 0 Å². The molecule has 3 heteroatoms. The molecule has 7 aromatic carbocycles. The zero-order valence-electron chi connectivity index (χ0n) is 28.0. The Kier molecular flexibility index (Phi) is 6.95. The second-order valence-electron chi connectivity index (χ2n) is 13.3. The Balaban J connectivity index is 1.20. The molecule has 0 N–H and O–H groups in total. The van der Waals surface area contributed by atoms with E-state index in [1.807, 2.05) is 6.07 Å². The second kappa shape index (κ2) is 12.1. The Morgan fingerprint density at radius 3 is 1.57 bits per heavy atom. The van der Waals surface area contributed by atoms with Crippen LogP contribution in [0.3, 0.4) is 0 Å². The molecule has 0 atom stereocenters. The molecule has 10 rings (SSSR count). The van der Waals surface area contributed by atoms with Gasteiger partial charge in [-0.2, -0.15) is 0 Å². The lowest BCUT2D eigenvalue weighted by Crippen LogP contribution is -2.02. The van der Waals surface area contributed by atoms with Crippen molar-refractivity contribution < 1.29 is 0 Å². The number of nitrogens with zero attached hydrogens (tertiary/aromatic N) is 3. The lowest BCUT2D eigenvalue weighted by atomic mass is 9.82. The molecular weight excluding hydrogens is 619 g/mol. The van der Waals surface area contributed by atoms with Crippen molar-refractivity contribution in [3.63, 3.8) is 0 Å². The van der Waals surface area contributed by atoms with Crippen molar-refractivity contribution in [3.8, 4) is 78.4 Å². The molecule has 3 nitrogen and oxygen atoms in total. The zero-order chi connectivity index (χ0) is 33.7. The van der Waals surface area contributed by atoms with E-state index in [9.17, 15) is 0 Å². The fraction of sp³-hybridized carbons (Fsp3) is 0.0417. The van der Waals surface area contributed by atoms with Crippen molar-refractivity contribution in [2.45, 2.75) is 12.8 Å². The molecule has 0 fully saturated rings. The van der Waals surface area contributed by atoms with Crippen molar-refractivity contribution >= 4 is 16.5 Å². The van der Waals surface area contributed by atoms with E-state index in [4.69, 9.17) is 10.2 Å². The minimum Gasteiger partial charge on any atom is -0.275 e. The Bertz CT molecular complexity index is 2640. The molecule has 0 radical (unpaired) electrons. The van der Waals surface area contributed by atoms with Crippen LogP contribution in [0.1, 0.15) is 12.8 Å². The van der Waals surface area contributed by atoms with Gasteiger partial charge < -0.3 is 0 Å². The summed E-state index contributed by atoms with van der Waals surface area (Å²) in [5.41, 5.74) is 15.7. The fourth-order valence-electron chi connectivity index (χ4n) is 8.02. The fourth-order valence-corrected chi connectivity index (χ4v) is 8.02. The van der Waals surface area contributed by atoms with E-state index in [-0.39, 0.29) is 0 Å². The van der Waals surface area contributed by atoms with Crippen molar-refractivity contribution in [2.75, 3.05) is 0 Å². The van der Waals surface area contributed by atoms with E-state index < -0.39 is 0 Å². The van der Waals surface area contributed by atoms with Crippen LogP contribution < -0.4 is 0 Å². The normalized spacial score (nSPS) is 13.0. The van der Waals surface area contributed by atoms with Gasteiger partial charge in [0.25, 0.3) is 0 Å². The first-order valence-corrected chi connectivity index (χ1v) is 17.7. The Morgan fingerprint density at radius 1 is 0.412 bits per heavy atom. The Labute approximate surface area is 297 Å². The quantitative estimate of drug-likeness (QED) is 0.179. The van der Waals surface area contributed by atoms with Gasteiger partial charge in [-0.05, 0) is 91.4 Å². The van der Waals surface area contributed by atoms with Crippen LogP contribution in [-0.2, 0) is 0 Å². The predicted octanol–water partition coefficient (Wildman–Crippen LogP) is 12.6. The number of hydrogen-bond donors (Lipinski definition) is 0. The van der Waals surface area contributed by atoms with Crippen LogP contribution in [0.2, 0.25) is 0 Å². The lowest BCUT2D eigenvalue weighted by molar-refractivity contribution is 1.00. The second-order valence-corrected chi connectivity index (χ2v) is 13.3. The minimum atomic E-state index is 0.836. The molecule has 0 unspecified atom stereocenters. The molecule has 240 valence electrons. The first-order valence-electron chi connectivity index (χ1n) is 17.7. The van der Waals surface area contributed by atoms with Gasteiger partial charge in [-0.25, -0.2) is 0 Å². The largest absolute Gasteiger partial charge is 0.275 e. The number of aromatic nitrogens is 3. The number of fused-ring (bicyclic) bond motifs is 3. The van der Waals surface area contributed by atoms with Gasteiger partial charge in [-0.1, -0.05) is 164 Å². The molecule has 0 spiro atoms. The van der Waals surface area contributed by atoms with Crippen LogP contribution in [0, 0.1) is 0 Å². The summed E-state index contributed by atoms with van der Waals surface area (Å²) in [5.74, 6) is 1.68. The average molecular weight is 652 g/mol. The molecular formula is C48H33N3. The van der Waals surface area contributed by atoms with Crippen LogP contribution in [0.5, 0.6) is 0 Å². The Morgan fingerprint density at radius 2 is 0.941 bits per heavy atom. The third kappa shape index (κ3) is 4.81. The smallest absolute Gasteiger partial charge is 0.168 e. The van der Waals surface area contributed by atoms with Gasteiger partial charge in [0.1, 0.15) is 0 Å². The highest BCUT2D eigenvalue weighted by Gasteiger charge is 2.30. The molecule has 1 aromatic heterocycles. The number of rotatable bonds is 6. The topological polar surface area (TPSA) is 30.7 Å². The van der Waals surface area contributed by atoms with Crippen molar-refractivity contribution in [1.29, 1.82) is 0 Å². The summed E-state index contributed by atoms with van der Waals surface area (Å²) >= 11 is 0. The standard InChI is InChI=1S/C48H33N3/c1-5-15-32(16-6-1)42-31-41(44(35-17-7-2-8-18-35)46-40-26-14-22-34-21-13-25-39(43(34)40)45(42)46)33-27-29-37(30-28-33)48-50-49-47(36-19-9-3-10-20-36)51(48)38-23-11-4-12-24-38/h1-3,5-11,13-31H,4,12H2. The van der Waals surface area contributed by atoms with Crippen molar-refractivity contribution in [3.05, 3.63) is 176 Å². The highest BCUT2D eigenvalue weighted by molar-refractivity contribution is 6.22. The van der Waals surface area contributed by atoms with Gasteiger partial charge in [0.2, 0.25) is 0 Å². The molecule has 0 amide bonds. The molecule has 51 heavy (non-hydrogen) atoms. The summed E-state index contributed by atoms with van der Waals surface area (Å²) in [6.07, 6.45) is 8.76. The van der Waals surface area contributed by atoms with Gasteiger partial charge in [0.05, 0.1) is 0 Å². The highest BCUT2D eigenvalue weighted by atomic mass is 15.3. The van der Waals surface area contributed by atoms with Crippen LogP contribution in [-0.4, -0.2) is 14.8 Å². The molecule has 2 aliphatic carbocycles. The maximum atomic E-state index is 4.79. The summed E-state index contributed by atoms with van der Waals surface area (Å²) in [5, 5.41) is 12.1. The van der Waals surface area contributed by atoms with Crippen LogP contribution in [0.15, 0.2) is 176 Å². The number of benzene rings is 7.